The second kappa shape index (κ2) is 8.60. The molecular formula is C16H22FN3O4. The van der Waals surface area contributed by atoms with E-state index in [4.69, 9.17) is 25.4 Å². The highest BCUT2D eigenvalue weighted by Gasteiger charge is 2.29. The molecule has 24 heavy (non-hydrogen) atoms. The average molecular weight is 339 g/mol. The van der Waals surface area contributed by atoms with Crippen molar-refractivity contribution in [1.82, 2.24) is 0 Å². The van der Waals surface area contributed by atoms with E-state index >= 15 is 0 Å². The molecule has 0 bridgehead atoms. The Morgan fingerprint density at radius 2 is 2.17 bits per heavy atom. The number of esters is 1. The lowest BCUT2D eigenvalue weighted by molar-refractivity contribution is -0.143. The lowest BCUT2D eigenvalue weighted by Gasteiger charge is -2.40. The van der Waals surface area contributed by atoms with Crippen LogP contribution in [-0.4, -0.2) is 51.3 Å². The number of benzene rings is 1. The van der Waals surface area contributed by atoms with E-state index in [0.717, 1.165) is 0 Å². The van der Waals surface area contributed by atoms with Gasteiger partial charge >= 0.3 is 5.97 Å². The van der Waals surface area contributed by atoms with Gasteiger partial charge in [-0.15, -0.1) is 0 Å². The number of carbonyl (C=O) groups is 1. The minimum Gasteiger partial charge on any atom is -0.460 e. The van der Waals surface area contributed by atoms with Crippen molar-refractivity contribution in [1.29, 1.82) is 5.41 Å². The lowest BCUT2D eigenvalue weighted by atomic mass is 10.1. The normalized spacial score (nSPS) is 14.3. The molecule has 0 atom stereocenters. The van der Waals surface area contributed by atoms with Crippen LogP contribution in [0.5, 0.6) is 0 Å². The van der Waals surface area contributed by atoms with Crippen LogP contribution in [0.1, 0.15) is 12.0 Å². The van der Waals surface area contributed by atoms with Crippen molar-refractivity contribution in [3.63, 3.8) is 0 Å². The van der Waals surface area contributed by atoms with Gasteiger partial charge in [0.05, 0.1) is 25.0 Å². The highest BCUT2D eigenvalue weighted by molar-refractivity contribution is 5.94. The van der Waals surface area contributed by atoms with Crippen LogP contribution >= 0.6 is 0 Å². The number of halogens is 1. The Kier molecular flexibility index (Phi) is 6.51. The molecule has 0 spiro atoms. The third-order valence-electron chi connectivity index (χ3n) is 3.61. The quantitative estimate of drug-likeness (QED) is 0.302. The Bertz CT molecular complexity index is 591. The number of hydrogen-bond donors (Lipinski definition) is 2. The second-order valence-corrected chi connectivity index (χ2v) is 5.50. The van der Waals surface area contributed by atoms with Crippen molar-refractivity contribution in [2.24, 2.45) is 5.73 Å². The number of ether oxygens (including phenoxy) is 3. The molecule has 3 N–H and O–H groups in total. The fourth-order valence-electron chi connectivity index (χ4n) is 2.33. The highest BCUT2D eigenvalue weighted by Crippen LogP contribution is 2.27. The fraction of sp³-hybridized carbons (Fsp3) is 0.500. The van der Waals surface area contributed by atoms with E-state index in [1.54, 1.807) is 25.3 Å². The molecule has 1 heterocycles. The summed E-state index contributed by atoms with van der Waals surface area (Å²) in [7, 11) is 1.61. The van der Waals surface area contributed by atoms with Crippen LogP contribution in [0.15, 0.2) is 18.2 Å². The molecule has 0 radical (unpaired) electrons. The Morgan fingerprint density at radius 1 is 1.42 bits per heavy atom. The predicted molar refractivity (Wildman–Crippen MR) is 86.6 cm³/mol. The maximum Gasteiger partial charge on any atom is 0.313 e. The predicted octanol–water partition coefficient (Wildman–Crippen LogP) is 1.05. The summed E-state index contributed by atoms with van der Waals surface area (Å²) in [5, 5.41) is 7.03. The summed E-state index contributed by atoms with van der Waals surface area (Å²) in [5.41, 5.74) is 5.87. The zero-order valence-electron chi connectivity index (χ0n) is 13.6. The molecule has 8 heteroatoms. The molecule has 1 saturated heterocycles. The zero-order valence-corrected chi connectivity index (χ0v) is 13.6. The molecule has 132 valence electrons. The van der Waals surface area contributed by atoms with Crippen LogP contribution in [0.25, 0.3) is 0 Å². The fourth-order valence-corrected chi connectivity index (χ4v) is 2.33. The summed E-state index contributed by atoms with van der Waals surface area (Å²) < 4.78 is 29.9. The van der Waals surface area contributed by atoms with Crippen molar-refractivity contribution in [3.05, 3.63) is 29.6 Å². The number of nitrogens with two attached hydrogens (primary N) is 1. The van der Waals surface area contributed by atoms with E-state index in [9.17, 15) is 9.18 Å². The smallest absolute Gasteiger partial charge is 0.313 e. The van der Waals surface area contributed by atoms with Crippen LogP contribution < -0.4 is 10.6 Å². The topological polar surface area (TPSA) is 97.9 Å². The van der Waals surface area contributed by atoms with E-state index in [1.807, 2.05) is 4.90 Å². The molecule has 1 fully saturated rings. The molecule has 7 nitrogen and oxygen atoms in total. The highest BCUT2D eigenvalue weighted by atomic mass is 19.1. The molecule has 0 aromatic heterocycles. The van der Waals surface area contributed by atoms with Crippen LogP contribution in [0.3, 0.4) is 0 Å². The van der Waals surface area contributed by atoms with Gasteiger partial charge < -0.3 is 24.8 Å². The van der Waals surface area contributed by atoms with Gasteiger partial charge in [-0.1, -0.05) is 12.1 Å². The SMILES string of the molecule is COCCOC1CN(c2cccc(COC(=O)CC(=N)N)c2F)C1. The number of rotatable bonds is 9. The Labute approximate surface area is 140 Å². The molecule has 1 aliphatic heterocycles. The Hall–Kier alpha value is -2.19. The van der Waals surface area contributed by atoms with Crippen LogP contribution in [-0.2, 0) is 25.6 Å². The van der Waals surface area contributed by atoms with Crippen molar-refractivity contribution < 1.29 is 23.4 Å². The summed E-state index contributed by atoms with van der Waals surface area (Å²) in [4.78, 5) is 13.3. The second-order valence-electron chi connectivity index (χ2n) is 5.50. The van der Waals surface area contributed by atoms with Gasteiger partial charge in [0.15, 0.2) is 5.82 Å². The first-order chi connectivity index (χ1) is 11.5. The standard InChI is InChI=1S/C16H22FN3O4/c1-22-5-6-23-12-8-20(9-12)13-4-2-3-11(16(13)17)10-24-15(21)7-14(18)19/h2-4,12H,5-10H2,1H3,(H3,18,19). The summed E-state index contributed by atoms with van der Waals surface area (Å²) in [5.74, 6) is -1.35. The van der Waals surface area contributed by atoms with Gasteiger partial charge in [-0.05, 0) is 6.07 Å². The molecule has 2 rings (SSSR count). The minimum atomic E-state index is -0.650. The maximum atomic E-state index is 14.5. The van der Waals surface area contributed by atoms with E-state index in [1.165, 1.54) is 0 Å². The zero-order chi connectivity index (χ0) is 17.5. The Morgan fingerprint density at radius 3 is 2.83 bits per heavy atom. The number of nitrogens with one attached hydrogen (secondary N) is 1. The van der Waals surface area contributed by atoms with Gasteiger partial charge in [-0.25, -0.2) is 4.39 Å². The van der Waals surface area contributed by atoms with Crippen LogP contribution in [0.4, 0.5) is 10.1 Å². The van der Waals surface area contributed by atoms with Crippen molar-refractivity contribution in [2.75, 3.05) is 38.3 Å². The summed E-state index contributed by atoms with van der Waals surface area (Å²) in [6.45, 7) is 2.07. The third-order valence-corrected chi connectivity index (χ3v) is 3.61. The monoisotopic (exact) mass is 339 g/mol. The van der Waals surface area contributed by atoms with Gasteiger partial charge in [0.1, 0.15) is 18.9 Å². The number of carbonyl (C=O) groups excluding carboxylic acids is 1. The first-order valence-electron chi connectivity index (χ1n) is 7.62. The third kappa shape index (κ3) is 4.90. The van der Waals surface area contributed by atoms with Gasteiger partial charge in [-0.2, -0.15) is 0 Å². The van der Waals surface area contributed by atoms with E-state index < -0.39 is 11.8 Å². The van der Waals surface area contributed by atoms with Crippen LogP contribution in [0.2, 0.25) is 0 Å². The van der Waals surface area contributed by atoms with Gasteiger partial charge in [0, 0.05) is 25.8 Å². The minimum absolute atomic E-state index is 0.0663. The van der Waals surface area contributed by atoms with Gasteiger partial charge in [0.25, 0.3) is 0 Å². The number of methoxy groups -OCH3 is 1. The number of hydrogen-bond acceptors (Lipinski definition) is 6. The largest absolute Gasteiger partial charge is 0.460 e. The van der Waals surface area contributed by atoms with E-state index in [0.29, 0.717) is 32.0 Å². The first-order valence-corrected chi connectivity index (χ1v) is 7.62. The average Bonchev–Trinajstić information content (AvgIpc) is 2.48. The Balaban J connectivity index is 1.87. The molecule has 0 saturated carbocycles. The molecule has 0 aliphatic carbocycles. The maximum absolute atomic E-state index is 14.5. The molecule has 0 amide bonds. The summed E-state index contributed by atoms with van der Waals surface area (Å²) in [6, 6.07) is 4.96. The number of nitrogens with zero attached hydrogens (tertiary/aromatic N) is 1. The van der Waals surface area contributed by atoms with Crippen molar-refractivity contribution in [3.8, 4) is 0 Å². The van der Waals surface area contributed by atoms with Gasteiger partial charge in [-0.3, -0.25) is 10.2 Å². The van der Waals surface area contributed by atoms with Crippen molar-refractivity contribution >= 4 is 17.5 Å². The van der Waals surface area contributed by atoms with E-state index in [-0.39, 0.29) is 30.5 Å². The van der Waals surface area contributed by atoms with Crippen LogP contribution in [0, 0.1) is 11.2 Å². The molecular weight excluding hydrogens is 317 g/mol. The van der Waals surface area contributed by atoms with Crippen molar-refractivity contribution in [2.45, 2.75) is 19.1 Å². The van der Waals surface area contributed by atoms with Gasteiger partial charge in [0.2, 0.25) is 0 Å². The number of amidine groups is 1. The lowest BCUT2D eigenvalue weighted by Crippen LogP contribution is -2.53. The summed E-state index contributed by atoms with van der Waals surface area (Å²) >= 11 is 0. The molecule has 1 aromatic rings. The summed E-state index contributed by atoms with van der Waals surface area (Å²) in [6.07, 6.45) is -0.231. The van der Waals surface area contributed by atoms with E-state index in [2.05, 4.69) is 0 Å². The number of anilines is 1. The molecule has 1 aromatic carbocycles. The first kappa shape index (κ1) is 18.2. The molecule has 0 unspecified atom stereocenters. The molecule has 1 aliphatic rings.